The van der Waals surface area contributed by atoms with Gasteiger partial charge in [-0.2, -0.15) is 0 Å². The van der Waals surface area contributed by atoms with Gasteiger partial charge in [0.1, 0.15) is 16.6 Å². The van der Waals surface area contributed by atoms with E-state index >= 15 is 0 Å². The van der Waals surface area contributed by atoms with Crippen LogP contribution in [0, 0.1) is 0 Å². The number of amides is 1. The van der Waals surface area contributed by atoms with Crippen LogP contribution in [0.1, 0.15) is 27.2 Å². The number of benzene rings is 1. The lowest BCUT2D eigenvalue weighted by Crippen LogP contribution is -2.50. The van der Waals surface area contributed by atoms with E-state index in [-0.39, 0.29) is 18.2 Å². The number of piperazine rings is 1. The van der Waals surface area contributed by atoms with Gasteiger partial charge in [-0.25, -0.2) is 19.7 Å². The van der Waals surface area contributed by atoms with Gasteiger partial charge in [0, 0.05) is 30.2 Å². The zero-order valence-electron chi connectivity index (χ0n) is 17.7. The summed E-state index contributed by atoms with van der Waals surface area (Å²) < 4.78 is 5.60. The molecule has 0 spiro atoms. The predicted octanol–water partition coefficient (Wildman–Crippen LogP) is 4.54. The number of anilines is 1. The summed E-state index contributed by atoms with van der Waals surface area (Å²) in [5.41, 5.74) is 1.20. The van der Waals surface area contributed by atoms with Gasteiger partial charge in [-0.05, 0) is 51.5 Å². The number of hydrogen-bond acceptors (Lipinski definition) is 6. The molecule has 1 aromatic carbocycles. The van der Waals surface area contributed by atoms with Crippen LogP contribution in [0.15, 0.2) is 42.6 Å². The average Bonchev–Trinajstić information content (AvgIpc) is 3.33. The van der Waals surface area contributed by atoms with E-state index in [0.29, 0.717) is 17.5 Å². The molecule has 5 rings (SSSR count). The van der Waals surface area contributed by atoms with E-state index in [9.17, 15) is 4.79 Å². The van der Waals surface area contributed by atoms with Crippen molar-refractivity contribution >= 4 is 34.4 Å². The molecule has 0 aliphatic carbocycles. The van der Waals surface area contributed by atoms with E-state index in [2.05, 4.69) is 9.88 Å². The number of fused-ring (bicyclic) bond motifs is 3. The maximum atomic E-state index is 12.6. The van der Waals surface area contributed by atoms with Gasteiger partial charge >= 0.3 is 6.09 Å². The fourth-order valence-electron chi connectivity index (χ4n) is 4.42. The summed E-state index contributed by atoms with van der Waals surface area (Å²) in [5, 5.41) is 1.41. The van der Waals surface area contributed by atoms with Crippen molar-refractivity contribution in [2.75, 3.05) is 18.0 Å². The van der Waals surface area contributed by atoms with Crippen LogP contribution in [0.2, 0.25) is 5.15 Å². The highest BCUT2D eigenvalue weighted by Gasteiger charge is 2.47. The van der Waals surface area contributed by atoms with Gasteiger partial charge in [0.2, 0.25) is 0 Å². The summed E-state index contributed by atoms with van der Waals surface area (Å²) in [7, 11) is 0. The molecule has 3 aromatic rings. The van der Waals surface area contributed by atoms with Gasteiger partial charge in [0.15, 0.2) is 5.82 Å². The number of nitrogens with zero attached hydrogens (tertiary/aromatic N) is 5. The molecule has 2 bridgehead atoms. The van der Waals surface area contributed by atoms with Crippen molar-refractivity contribution in [1.82, 2.24) is 19.9 Å². The number of ether oxygens (including phenoxy) is 1. The number of hydrogen-bond donors (Lipinski definition) is 0. The minimum atomic E-state index is -0.498. The number of carbonyl (C=O) groups is 1. The zero-order chi connectivity index (χ0) is 21.8. The molecule has 2 aromatic heterocycles. The standard InChI is InChI=1S/C23H24ClN5O2/c1-23(2,3)31-22(30)29-13-15-11-16(29)12-28(15)21-17-6-4-5-7-18(17)26-20(27-21)14-8-9-25-19(24)10-14/h4-10,15-16H,11-13H2,1-3H3. The molecule has 2 atom stereocenters. The topological polar surface area (TPSA) is 71.5 Å². The van der Waals surface area contributed by atoms with Gasteiger partial charge < -0.3 is 14.5 Å². The van der Waals surface area contributed by atoms with Crippen LogP contribution in [0.25, 0.3) is 22.3 Å². The Morgan fingerprint density at radius 1 is 1.13 bits per heavy atom. The fraction of sp³-hybridized carbons (Fsp3) is 0.391. The number of likely N-dealkylation sites (tertiary alicyclic amines) is 1. The van der Waals surface area contributed by atoms with Gasteiger partial charge in [0.25, 0.3) is 0 Å². The first-order valence-electron chi connectivity index (χ1n) is 10.4. The molecule has 2 aliphatic heterocycles. The molecule has 2 aliphatic rings. The Kier molecular flexibility index (Phi) is 4.73. The van der Waals surface area contributed by atoms with Gasteiger partial charge in [-0.15, -0.1) is 0 Å². The predicted molar refractivity (Wildman–Crippen MR) is 120 cm³/mol. The van der Waals surface area contributed by atoms with Crippen LogP contribution in [-0.4, -0.2) is 56.7 Å². The third-order valence-corrected chi connectivity index (χ3v) is 5.92. The van der Waals surface area contributed by atoms with E-state index in [1.54, 1.807) is 12.3 Å². The van der Waals surface area contributed by atoms with Crippen LogP contribution in [0.5, 0.6) is 0 Å². The summed E-state index contributed by atoms with van der Waals surface area (Å²) in [5.74, 6) is 1.51. The lowest BCUT2D eigenvalue weighted by atomic mass is 10.1. The summed E-state index contributed by atoms with van der Waals surface area (Å²) in [6, 6.07) is 12.0. The van der Waals surface area contributed by atoms with Crippen LogP contribution in [0.4, 0.5) is 10.6 Å². The molecule has 31 heavy (non-hydrogen) atoms. The first kappa shape index (κ1) is 20.0. The normalized spacial score (nSPS) is 20.5. The second-order valence-corrected chi connectivity index (χ2v) is 9.47. The second kappa shape index (κ2) is 7.34. The maximum absolute atomic E-state index is 12.6. The monoisotopic (exact) mass is 437 g/mol. The zero-order valence-corrected chi connectivity index (χ0v) is 18.5. The summed E-state index contributed by atoms with van der Waals surface area (Å²) >= 11 is 6.10. The Hall–Kier alpha value is -2.93. The Morgan fingerprint density at radius 2 is 1.94 bits per heavy atom. The minimum absolute atomic E-state index is 0.118. The van der Waals surface area contributed by atoms with Crippen molar-refractivity contribution in [2.45, 2.75) is 44.9 Å². The van der Waals surface area contributed by atoms with Crippen molar-refractivity contribution in [3.63, 3.8) is 0 Å². The molecule has 1 amide bonds. The minimum Gasteiger partial charge on any atom is -0.444 e. The number of para-hydroxylation sites is 1. The molecule has 7 nitrogen and oxygen atoms in total. The lowest BCUT2D eigenvalue weighted by molar-refractivity contribution is 0.0214. The van der Waals surface area contributed by atoms with Crippen molar-refractivity contribution in [1.29, 1.82) is 0 Å². The molecule has 0 radical (unpaired) electrons. The van der Waals surface area contributed by atoms with Crippen molar-refractivity contribution in [2.24, 2.45) is 0 Å². The molecule has 2 unspecified atom stereocenters. The Bertz CT molecular complexity index is 1160. The largest absolute Gasteiger partial charge is 0.444 e. The number of carbonyl (C=O) groups excluding carboxylic acids is 1. The number of rotatable bonds is 2. The first-order valence-corrected chi connectivity index (χ1v) is 10.8. The Balaban J connectivity index is 1.48. The first-order chi connectivity index (χ1) is 14.8. The van der Waals surface area contributed by atoms with Crippen LogP contribution in [-0.2, 0) is 4.74 Å². The molecule has 2 fully saturated rings. The number of halogens is 1. The molecule has 2 saturated heterocycles. The highest BCUT2D eigenvalue weighted by Crippen LogP contribution is 2.38. The van der Waals surface area contributed by atoms with Gasteiger partial charge in [-0.1, -0.05) is 23.7 Å². The van der Waals surface area contributed by atoms with E-state index in [1.807, 2.05) is 56.0 Å². The van der Waals surface area contributed by atoms with Crippen molar-refractivity contribution in [3.05, 3.63) is 47.7 Å². The van der Waals surface area contributed by atoms with E-state index in [4.69, 9.17) is 26.3 Å². The molecule has 8 heteroatoms. The Labute approximate surface area is 186 Å². The lowest BCUT2D eigenvalue weighted by Gasteiger charge is -2.36. The molecule has 160 valence electrons. The highest BCUT2D eigenvalue weighted by molar-refractivity contribution is 6.29. The Morgan fingerprint density at radius 3 is 2.65 bits per heavy atom. The van der Waals surface area contributed by atoms with E-state index < -0.39 is 5.60 Å². The molecular weight excluding hydrogens is 414 g/mol. The van der Waals surface area contributed by atoms with Crippen LogP contribution in [0.3, 0.4) is 0 Å². The summed E-state index contributed by atoms with van der Waals surface area (Å²) in [6.07, 6.45) is 2.33. The highest BCUT2D eigenvalue weighted by atomic mass is 35.5. The maximum Gasteiger partial charge on any atom is 0.410 e. The summed E-state index contributed by atoms with van der Waals surface area (Å²) in [6.45, 7) is 7.04. The smallest absolute Gasteiger partial charge is 0.410 e. The third kappa shape index (κ3) is 3.78. The SMILES string of the molecule is CC(C)(C)OC(=O)N1CC2CC1CN2c1nc(-c2ccnc(Cl)c2)nc2ccccc12. The van der Waals surface area contributed by atoms with Crippen LogP contribution < -0.4 is 4.90 Å². The molecule has 4 heterocycles. The number of pyridine rings is 1. The van der Waals surface area contributed by atoms with Crippen LogP contribution >= 0.6 is 11.6 Å². The van der Waals surface area contributed by atoms with Crippen molar-refractivity contribution < 1.29 is 9.53 Å². The second-order valence-electron chi connectivity index (χ2n) is 9.08. The fourth-order valence-corrected chi connectivity index (χ4v) is 4.59. The van der Waals surface area contributed by atoms with Gasteiger partial charge in [0.05, 0.1) is 17.6 Å². The third-order valence-electron chi connectivity index (χ3n) is 5.71. The molecule has 0 saturated carbocycles. The molecule has 0 N–H and O–H groups in total. The van der Waals surface area contributed by atoms with E-state index in [1.165, 1.54) is 0 Å². The van der Waals surface area contributed by atoms with E-state index in [0.717, 1.165) is 35.2 Å². The van der Waals surface area contributed by atoms with Gasteiger partial charge in [-0.3, -0.25) is 0 Å². The average molecular weight is 438 g/mol. The number of aromatic nitrogens is 3. The quantitative estimate of drug-likeness (QED) is 0.548. The summed E-state index contributed by atoms with van der Waals surface area (Å²) in [4.78, 5) is 30.5. The molecular formula is C23H24ClN5O2. The van der Waals surface area contributed by atoms with Crippen molar-refractivity contribution in [3.8, 4) is 11.4 Å².